The van der Waals surface area contributed by atoms with E-state index in [0.717, 1.165) is 31.7 Å². The van der Waals surface area contributed by atoms with Crippen LogP contribution in [0.3, 0.4) is 0 Å². The topological polar surface area (TPSA) is 47.0 Å². The summed E-state index contributed by atoms with van der Waals surface area (Å²) in [6.45, 7) is 5.66. The van der Waals surface area contributed by atoms with Crippen molar-refractivity contribution in [1.29, 1.82) is 0 Å². The summed E-state index contributed by atoms with van der Waals surface area (Å²) in [6, 6.07) is 6.28. The number of nitrogens with zero attached hydrogens (tertiary/aromatic N) is 3. The molecule has 1 atom stereocenters. The molecule has 25 heavy (non-hydrogen) atoms. The molecule has 0 spiro atoms. The second kappa shape index (κ2) is 7.81. The molecular formula is C19H28FN3O2. The summed E-state index contributed by atoms with van der Waals surface area (Å²) in [6.07, 6.45) is 1.64. The third-order valence-electron chi connectivity index (χ3n) is 5.34. The Balaban J connectivity index is 1.46. The predicted octanol–water partition coefficient (Wildman–Crippen LogP) is 0.969. The number of β-amino-alcohol motifs (C(OH)–C–C–N with tert-alkyl or cyclic N) is 1. The van der Waals surface area contributed by atoms with Crippen LogP contribution in [0.4, 0.5) is 4.39 Å². The highest BCUT2D eigenvalue weighted by atomic mass is 19.1. The number of halogens is 1. The van der Waals surface area contributed by atoms with Crippen molar-refractivity contribution in [1.82, 2.24) is 14.7 Å². The summed E-state index contributed by atoms with van der Waals surface area (Å²) >= 11 is 0. The molecule has 5 nitrogen and oxygen atoms in total. The van der Waals surface area contributed by atoms with Crippen molar-refractivity contribution in [3.05, 3.63) is 35.6 Å². The van der Waals surface area contributed by atoms with E-state index in [1.807, 2.05) is 0 Å². The van der Waals surface area contributed by atoms with Crippen molar-refractivity contribution in [3.63, 3.8) is 0 Å². The Morgan fingerprint density at radius 3 is 2.52 bits per heavy atom. The zero-order chi connectivity index (χ0) is 17.9. The van der Waals surface area contributed by atoms with Crippen molar-refractivity contribution in [2.75, 3.05) is 52.9 Å². The van der Waals surface area contributed by atoms with Gasteiger partial charge in [0.2, 0.25) is 5.91 Å². The molecule has 3 rings (SSSR count). The van der Waals surface area contributed by atoms with Crippen LogP contribution in [0.5, 0.6) is 0 Å². The van der Waals surface area contributed by atoms with E-state index in [2.05, 4.69) is 16.8 Å². The highest BCUT2D eigenvalue weighted by Crippen LogP contribution is 2.24. The van der Waals surface area contributed by atoms with E-state index in [9.17, 15) is 14.3 Å². The number of hydrogen-bond acceptors (Lipinski definition) is 4. The van der Waals surface area contributed by atoms with Gasteiger partial charge in [0.25, 0.3) is 0 Å². The largest absolute Gasteiger partial charge is 0.387 e. The van der Waals surface area contributed by atoms with Crippen LogP contribution in [0, 0.1) is 5.82 Å². The number of benzene rings is 1. The van der Waals surface area contributed by atoms with Crippen LogP contribution in [0.2, 0.25) is 0 Å². The predicted molar refractivity (Wildman–Crippen MR) is 94.8 cm³/mol. The lowest BCUT2D eigenvalue weighted by Crippen LogP contribution is -2.52. The van der Waals surface area contributed by atoms with Crippen LogP contribution in [-0.2, 0) is 11.2 Å². The number of piperazine rings is 1. The zero-order valence-electron chi connectivity index (χ0n) is 15.0. The molecule has 1 amide bonds. The van der Waals surface area contributed by atoms with Crippen molar-refractivity contribution >= 4 is 5.91 Å². The molecule has 1 aromatic carbocycles. The Bertz CT molecular complexity index is 587. The third-order valence-corrected chi connectivity index (χ3v) is 5.34. The van der Waals surface area contributed by atoms with Gasteiger partial charge in [0, 0.05) is 45.7 Å². The molecule has 1 aromatic rings. The van der Waals surface area contributed by atoms with Gasteiger partial charge in [0.15, 0.2) is 0 Å². The van der Waals surface area contributed by atoms with E-state index in [4.69, 9.17) is 0 Å². The number of likely N-dealkylation sites (N-methyl/N-ethyl adjacent to an activating group) is 1. The minimum Gasteiger partial charge on any atom is -0.387 e. The van der Waals surface area contributed by atoms with E-state index >= 15 is 0 Å². The number of amides is 1. The molecule has 0 aliphatic carbocycles. The van der Waals surface area contributed by atoms with Gasteiger partial charge in [-0.2, -0.15) is 0 Å². The maximum Gasteiger partial charge on any atom is 0.223 e. The molecule has 0 radical (unpaired) electrons. The molecule has 0 bridgehead atoms. The van der Waals surface area contributed by atoms with Crippen LogP contribution >= 0.6 is 0 Å². The SMILES string of the molecule is CN1CCN(C[C@@]2(O)CCN(C(=O)CCc3ccc(F)cc3)C2)CC1. The molecule has 2 heterocycles. The van der Waals surface area contributed by atoms with Gasteiger partial charge in [-0.25, -0.2) is 4.39 Å². The minimum atomic E-state index is -0.790. The van der Waals surface area contributed by atoms with Gasteiger partial charge in [-0.05, 0) is 37.6 Å². The first-order valence-corrected chi connectivity index (χ1v) is 9.09. The normalized spacial score (nSPS) is 25.5. The Hall–Kier alpha value is -1.50. The summed E-state index contributed by atoms with van der Waals surface area (Å²) in [4.78, 5) is 18.8. The quantitative estimate of drug-likeness (QED) is 0.861. The van der Waals surface area contributed by atoms with Crippen LogP contribution < -0.4 is 0 Å². The monoisotopic (exact) mass is 349 g/mol. The van der Waals surface area contributed by atoms with Crippen LogP contribution in [-0.4, -0.2) is 84.2 Å². The standard InChI is InChI=1S/C19H28FN3O2/c1-21-10-12-22(13-11-21)14-19(25)8-9-23(15-19)18(24)7-4-16-2-5-17(20)6-3-16/h2-3,5-6,25H,4,7-15H2,1H3/t19-/m0/s1. The molecule has 6 heteroatoms. The van der Waals surface area contributed by atoms with Gasteiger partial charge >= 0.3 is 0 Å². The smallest absolute Gasteiger partial charge is 0.223 e. The first kappa shape index (κ1) is 18.3. The lowest BCUT2D eigenvalue weighted by molar-refractivity contribution is -0.131. The third kappa shape index (κ3) is 5.00. The van der Waals surface area contributed by atoms with E-state index in [1.165, 1.54) is 12.1 Å². The van der Waals surface area contributed by atoms with Gasteiger partial charge in [-0.1, -0.05) is 12.1 Å². The van der Waals surface area contributed by atoms with Crippen LogP contribution in [0.15, 0.2) is 24.3 Å². The molecule has 0 unspecified atom stereocenters. The highest BCUT2D eigenvalue weighted by Gasteiger charge is 2.39. The highest BCUT2D eigenvalue weighted by molar-refractivity contribution is 5.77. The molecule has 138 valence electrons. The fraction of sp³-hybridized carbons (Fsp3) is 0.632. The summed E-state index contributed by atoms with van der Waals surface area (Å²) in [5.74, 6) is -0.192. The number of carbonyl (C=O) groups excluding carboxylic acids is 1. The summed E-state index contributed by atoms with van der Waals surface area (Å²) in [5.41, 5.74) is 0.170. The van der Waals surface area contributed by atoms with E-state index in [1.54, 1.807) is 17.0 Å². The van der Waals surface area contributed by atoms with Gasteiger partial charge in [-0.15, -0.1) is 0 Å². The lowest BCUT2D eigenvalue weighted by atomic mass is 10.0. The molecule has 1 N–H and O–H groups in total. The molecule has 2 aliphatic heterocycles. The van der Waals surface area contributed by atoms with Gasteiger partial charge in [0.05, 0.1) is 12.1 Å². The molecule has 2 saturated heterocycles. The number of rotatable bonds is 5. The second-order valence-electron chi connectivity index (χ2n) is 7.50. The minimum absolute atomic E-state index is 0.0682. The molecule has 2 fully saturated rings. The van der Waals surface area contributed by atoms with E-state index in [-0.39, 0.29) is 11.7 Å². The number of aliphatic hydroxyl groups is 1. The van der Waals surface area contributed by atoms with Crippen LogP contribution in [0.25, 0.3) is 0 Å². The zero-order valence-corrected chi connectivity index (χ0v) is 15.0. The fourth-order valence-electron chi connectivity index (χ4n) is 3.68. The Labute approximate surface area is 149 Å². The Morgan fingerprint density at radius 1 is 1.16 bits per heavy atom. The summed E-state index contributed by atoms with van der Waals surface area (Å²) < 4.78 is 12.9. The molecular weight excluding hydrogens is 321 g/mol. The number of carbonyl (C=O) groups is 1. The van der Waals surface area contributed by atoms with Crippen molar-refractivity contribution in [2.45, 2.75) is 24.9 Å². The van der Waals surface area contributed by atoms with Crippen molar-refractivity contribution in [3.8, 4) is 0 Å². The number of likely N-dealkylation sites (tertiary alicyclic amines) is 1. The summed E-state index contributed by atoms with van der Waals surface area (Å²) in [5, 5.41) is 10.9. The van der Waals surface area contributed by atoms with Gasteiger partial charge in [0.1, 0.15) is 5.82 Å². The maximum absolute atomic E-state index is 12.9. The Kier molecular flexibility index (Phi) is 5.71. The fourth-order valence-corrected chi connectivity index (χ4v) is 3.68. The number of hydrogen-bond donors (Lipinski definition) is 1. The average Bonchev–Trinajstić information content (AvgIpc) is 2.98. The van der Waals surface area contributed by atoms with E-state index < -0.39 is 5.60 Å². The maximum atomic E-state index is 12.9. The van der Waals surface area contributed by atoms with Gasteiger partial charge < -0.3 is 14.9 Å². The van der Waals surface area contributed by atoms with Crippen molar-refractivity contribution < 1.29 is 14.3 Å². The number of aryl methyl sites for hydroxylation is 1. The lowest BCUT2D eigenvalue weighted by Gasteiger charge is -2.36. The molecule has 2 aliphatic rings. The van der Waals surface area contributed by atoms with E-state index in [0.29, 0.717) is 38.9 Å². The first-order chi connectivity index (χ1) is 11.9. The van der Waals surface area contributed by atoms with Crippen LogP contribution in [0.1, 0.15) is 18.4 Å². The molecule has 0 saturated carbocycles. The van der Waals surface area contributed by atoms with Crippen molar-refractivity contribution in [2.24, 2.45) is 0 Å². The molecule has 0 aromatic heterocycles. The Morgan fingerprint density at radius 2 is 1.84 bits per heavy atom. The first-order valence-electron chi connectivity index (χ1n) is 9.09. The summed E-state index contributed by atoms with van der Waals surface area (Å²) in [7, 11) is 2.11. The van der Waals surface area contributed by atoms with Gasteiger partial charge in [-0.3, -0.25) is 9.69 Å². The second-order valence-corrected chi connectivity index (χ2v) is 7.50. The average molecular weight is 349 g/mol.